The van der Waals surface area contributed by atoms with E-state index in [1.165, 1.54) is 0 Å². The van der Waals surface area contributed by atoms with Crippen LogP contribution in [0.2, 0.25) is 0 Å². The molecule has 1 atom stereocenters. The summed E-state index contributed by atoms with van der Waals surface area (Å²) < 4.78 is 11.1. The predicted molar refractivity (Wildman–Crippen MR) is 106 cm³/mol. The Hall–Kier alpha value is -1.11. The van der Waals surface area contributed by atoms with Crippen molar-refractivity contribution < 1.29 is 14.3 Å². The summed E-state index contributed by atoms with van der Waals surface area (Å²) in [6.07, 6.45) is 2.65. The number of benzene rings is 1. The third kappa shape index (κ3) is 7.75. The number of unbranched alkanes of at least 4 members (excludes halogenated alkanes) is 1. The van der Waals surface area contributed by atoms with Crippen LogP contribution in [0.3, 0.4) is 0 Å². The van der Waals surface area contributed by atoms with E-state index >= 15 is 0 Å². The van der Waals surface area contributed by atoms with Gasteiger partial charge in [-0.1, -0.05) is 19.4 Å². The number of thioether (sulfide) groups is 1. The molecule has 1 heterocycles. The van der Waals surface area contributed by atoms with Crippen LogP contribution in [0.4, 0.5) is 0 Å². The maximum atomic E-state index is 12.1. The number of methoxy groups -OCH3 is 1. The largest absolute Gasteiger partial charge is 0.493 e. The molecule has 25 heavy (non-hydrogen) atoms. The number of hydrogen-bond donors (Lipinski definition) is 2. The van der Waals surface area contributed by atoms with E-state index in [0.29, 0.717) is 25.3 Å². The van der Waals surface area contributed by atoms with Crippen molar-refractivity contribution in [2.45, 2.75) is 38.8 Å². The Morgan fingerprint density at radius 3 is 2.92 bits per heavy atom. The van der Waals surface area contributed by atoms with E-state index in [0.717, 1.165) is 42.2 Å². The minimum Gasteiger partial charge on any atom is -0.493 e. The van der Waals surface area contributed by atoms with Crippen LogP contribution in [-0.4, -0.2) is 43.7 Å². The molecule has 1 saturated heterocycles. The van der Waals surface area contributed by atoms with Crippen LogP contribution in [-0.2, 0) is 11.3 Å². The Bertz CT molecular complexity index is 525. The minimum absolute atomic E-state index is 0. The Morgan fingerprint density at radius 1 is 1.40 bits per heavy atom. The normalized spacial score (nSPS) is 16.6. The number of hydrogen-bond acceptors (Lipinski definition) is 5. The molecule has 7 heteroatoms. The van der Waals surface area contributed by atoms with E-state index in [1.807, 2.05) is 30.0 Å². The van der Waals surface area contributed by atoms with Crippen LogP contribution in [0, 0.1) is 0 Å². The molecule has 2 rings (SSSR count). The van der Waals surface area contributed by atoms with Gasteiger partial charge in [0, 0.05) is 37.1 Å². The zero-order valence-electron chi connectivity index (χ0n) is 15.0. The molecule has 0 aliphatic carbocycles. The molecule has 5 nitrogen and oxygen atoms in total. The number of ether oxygens (including phenoxy) is 2. The summed E-state index contributed by atoms with van der Waals surface area (Å²) in [5.41, 5.74) is 1.01. The number of nitrogens with one attached hydrogen (secondary N) is 2. The van der Waals surface area contributed by atoms with E-state index in [-0.39, 0.29) is 24.4 Å². The standard InChI is InChI=1S/C18H28N2O3S.ClH/c1-3-4-8-23-16-6-5-14(10-17(16)22-2)12-20-18(21)11-15-13-24-9-7-19-15;/h5-6,10,15,19H,3-4,7-9,11-13H2,1-2H3,(H,20,21);1H. The lowest BCUT2D eigenvalue weighted by Crippen LogP contribution is -2.41. The zero-order chi connectivity index (χ0) is 17.2. The van der Waals surface area contributed by atoms with Crippen molar-refractivity contribution in [3.05, 3.63) is 23.8 Å². The second kappa shape index (κ2) is 12.3. The first-order valence-corrected chi connectivity index (χ1v) is 9.76. The van der Waals surface area contributed by atoms with Gasteiger partial charge in [-0.3, -0.25) is 4.79 Å². The van der Waals surface area contributed by atoms with E-state index in [2.05, 4.69) is 17.6 Å². The number of carbonyl (C=O) groups excluding carboxylic acids is 1. The SMILES string of the molecule is CCCCOc1ccc(CNC(=O)CC2CSCCN2)cc1OC.Cl. The summed E-state index contributed by atoms with van der Waals surface area (Å²) in [6.45, 7) is 4.31. The highest BCUT2D eigenvalue weighted by Gasteiger charge is 2.16. The van der Waals surface area contributed by atoms with E-state index in [1.54, 1.807) is 7.11 Å². The topological polar surface area (TPSA) is 59.6 Å². The molecule has 1 aromatic carbocycles. The number of rotatable bonds is 9. The Kier molecular flexibility index (Phi) is 10.8. The molecule has 0 aromatic heterocycles. The van der Waals surface area contributed by atoms with Gasteiger partial charge < -0.3 is 20.1 Å². The van der Waals surface area contributed by atoms with Crippen molar-refractivity contribution in [2.24, 2.45) is 0 Å². The molecule has 1 unspecified atom stereocenters. The van der Waals surface area contributed by atoms with Crippen molar-refractivity contribution in [1.29, 1.82) is 0 Å². The van der Waals surface area contributed by atoms with E-state index in [4.69, 9.17) is 9.47 Å². The molecule has 0 radical (unpaired) electrons. The quantitative estimate of drug-likeness (QED) is 0.637. The first-order valence-electron chi connectivity index (χ1n) is 8.60. The minimum atomic E-state index is 0. The lowest BCUT2D eigenvalue weighted by Gasteiger charge is -2.22. The van der Waals surface area contributed by atoms with Crippen molar-refractivity contribution >= 4 is 30.1 Å². The summed E-state index contributed by atoms with van der Waals surface area (Å²) in [4.78, 5) is 12.1. The average Bonchev–Trinajstić information content (AvgIpc) is 2.61. The van der Waals surface area contributed by atoms with Crippen molar-refractivity contribution in [3.8, 4) is 11.5 Å². The Labute approximate surface area is 161 Å². The highest BCUT2D eigenvalue weighted by Crippen LogP contribution is 2.28. The third-order valence-electron chi connectivity index (χ3n) is 3.90. The van der Waals surface area contributed by atoms with Crippen molar-refractivity contribution in [3.63, 3.8) is 0 Å². The molecule has 1 fully saturated rings. The maximum absolute atomic E-state index is 12.1. The zero-order valence-corrected chi connectivity index (χ0v) is 16.6. The Balaban J connectivity index is 0.00000312. The molecule has 1 amide bonds. The van der Waals surface area contributed by atoms with Gasteiger partial charge in [0.05, 0.1) is 13.7 Å². The first kappa shape index (κ1) is 21.9. The van der Waals surface area contributed by atoms with Crippen LogP contribution in [0.1, 0.15) is 31.7 Å². The Morgan fingerprint density at radius 2 is 2.24 bits per heavy atom. The van der Waals surface area contributed by atoms with Gasteiger partial charge in [-0.2, -0.15) is 11.8 Å². The van der Waals surface area contributed by atoms with Gasteiger partial charge >= 0.3 is 0 Å². The van der Waals surface area contributed by atoms with Gasteiger partial charge in [0.2, 0.25) is 5.91 Å². The van der Waals surface area contributed by atoms with Crippen molar-refractivity contribution in [2.75, 3.05) is 31.8 Å². The predicted octanol–water partition coefficient (Wildman–Crippen LogP) is 3.01. The molecule has 1 aliphatic rings. The molecule has 0 saturated carbocycles. The van der Waals surface area contributed by atoms with Gasteiger partial charge in [0.1, 0.15) is 0 Å². The number of carbonyl (C=O) groups is 1. The van der Waals surface area contributed by atoms with Crippen LogP contribution >= 0.6 is 24.2 Å². The van der Waals surface area contributed by atoms with Crippen LogP contribution in [0.25, 0.3) is 0 Å². The van der Waals surface area contributed by atoms with Gasteiger partial charge in [-0.05, 0) is 24.1 Å². The lowest BCUT2D eigenvalue weighted by molar-refractivity contribution is -0.121. The van der Waals surface area contributed by atoms with Gasteiger partial charge in [-0.15, -0.1) is 12.4 Å². The second-order valence-electron chi connectivity index (χ2n) is 5.89. The molecule has 1 aliphatic heterocycles. The monoisotopic (exact) mass is 388 g/mol. The third-order valence-corrected chi connectivity index (χ3v) is 5.03. The van der Waals surface area contributed by atoms with Gasteiger partial charge in [-0.25, -0.2) is 0 Å². The molecular formula is C18H29ClN2O3S. The van der Waals surface area contributed by atoms with Crippen LogP contribution in [0.15, 0.2) is 18.2 Å². The fourth-order valence-electron chi connectivity index (χ4n) is 2.52. The summed E-state index contributed by atoms with van der Waals surface area (Å²) in [5.74, 6) is 3.68. The highest BCUT2D eigenvalue weighted by molar-refractivity contribution is 7.99. The van der Waals surface area contributed by atoms with Gasteiger partial charge in [0.25, 0.3) is 0 Å². The number of halogens is 1. The highest BCUT2D eigenvalue weighted by atomic mass is 35.5. The smallest absolute Gasteiger partial charge is 0.221 e. The lowest BCUT2D eigenvalue weighted by atomic mass is 10.2. The van der Waals surface area contributed by atoms with E-state index < -0.39 is 0 Å². The fourth-order valence-corrected chi connectivity index (χ4v) is 3.46. The maximum Gasteiger partial charge on any atom is 0.221 e. The summed E-state index contributed by atoms with van der Waals surface area (Å²) in [7, 11) is 1.64. The number of amides is 1. The summed E-state index contributed by atoms with van der Waals surface area (Å²) in [6, 6.07) is 6.09. The summed E-state index contributed by atoms with van der Waals surface area (Å²) in [5, 5.41) is 6.36. The van der Waals surface area contributed by atoms with Crippen LogP contribution in [0.5, 0.6) is 11.5 Å². The van der Waals surface area contributed by atoms with Crippen molar-refractivity contribution in [1.82, 2.24) is 10.6 Å². The van der Waals surface area contributed by atoms with Crippen LogP contribution < -0.4 is 20.1 Å². The second-order valence-corrected chi connectivity index (χ2v) is 7.04. The molecule has 2 N–H and O–H groups in total. The molecule has 0 spiro atoms. The fraction of sp³-hybridized carbons (Fsp3) is 0.611. The molecule has 1 aromatic rings. The first-order chi connectivity index (χ1) is 11.7. The molecular weight excluding hydrogens is 360 g/mol. The molecule has 142 valence electrons. The van der Waals surface area contributed by atoms with Gasteiger partial charge in [0.15, 0.2) is 11.5 Å². The van der Waals surface area contributed by atoms with E-state index in [9.17, 15) is 4.79 Å². The summed E-state index contributed by atoms with van der Waals surface area (Å²) >= 11 is 1.90. The molecule has 0 bridgehead atoms. The average molecular weight is 389 g/mol.